The molecule has 5 heteroatoms. The van der Waals surface area contributed by atoms with E-state index in [2.05, 4.69) is 0 Å². The number of carboxylic acid groups (broad SMARTS) is 1. The van der Waals surface area contributed by atoms with Crippen LogP contribution in [0.1, 0.15) is 17.2 Å². The first-order chi connectivity index (χ1) is 7.06. The fourth-order valence-electron chi connectivity index (χ4n) is 1.31. The van der Waals surface area contributed by atoms with Gasteiger partial charge in [0.1, 0.15) is 5.75 Å². The van der Waals surface area contributed by atoms with Crippen LogP contribution < -0.4 is 5.73 Å². The number of carbonyl (C=O) groups is 1. The lowest BCUT2D eigenvalue weighted by Crippen LogP contribution is -2.15. The van der Waals surface area contributed by atoms with E-state index in [1.165, 1.54) is 6.07 Å². The van der Waals surface area contributed by atoms with E-state index in [1.807, 2.05) is 0 Å². The number of phenolic OH excluding ortho intramolecular Hbond substituents is 1. The number of aliphatic hydroxyl groups is 1. The molecule has 0 fully saturated rings. The minimum atomic E-state index is -1.03. The molecule has 0 aromatic heterocycles. The van der Waals surface area contributed by atoms with Crippen LogP contribution in [0.4, 0.5) is 0 Å². The number of rotatable bonds is 4. The Bertz CT molecular complexity index is 364. The van der Waals surface area contributed by atoms with Crippen molar-refractivity contribution in [3.63, 3.8) is 0 Å². The zero-order valence-corrected chi connectivity index (χ0v) is 8.05. The number of hydrogen-bond donors (Lipinski definition) is 4. The fourth-order valence-corrected chi connectivity index (χ4v) is 1.31. The van der Waals surface area contributed by atoms with E-state index >= 15 is 0 Å². The van der Waals surface area contributed by atoms with Gasteiger partial charge in [-0.25, -0.2) is 0 Å². The molecule has 0 amide bonds. The Labute approximate surface area is 86.8 Å². The summed E-state index contributed by atoms with van der Waals surface area (Å²) in [4.78, 5) is 10.5. The second-order valence-electron chi connectivity index (χ2n) is 3.21. The number of aliphatic carboxylic acids is 1. The molecule has 5 nitrogen and oxygen atoms in total. The van der Waals surface area contributed by atoms with Crippen molar-refractivity contribution in [2.24, 2.45) is 5.73 Å². The quantitative estimate of drug-likeness (QED) is 0.561. The molecular formula is C10H13NO4. The molecule has 0 heterocycles. The molecule has 0 aliphatic carbocycles. The number of benzene rings is 1. The lowest BCUT2D eigenvalue weighted by Gasteiger charge is -2.12. The number of aromatic hydroxyl groups is 1. The summed E-state index contributed by atoms with van der Waals surface area (Å²) in [5, 5.41) is 27.1. The van der Waals surface area contributed by atoms with Crippen LogP contribution in [-0.2, 0) is 11.2 Å². The largest absolute Gasteiger partial charge is 0.507 e. The molecule has 0 aliphatic heterocycles. The molecule has 0 saturated heterocycles. The Morgan fingerprint density at radius 3 is 2.67 bits per heavy atom. The van der Waals surface area contributed by atoms with Gasteiger partial charge in [0.25, 0.3) is 0 Å². The predicted octanol–water partition coefficient (Wildman–Crippen LogP) is 0.0114. The van der Waals surface area contributed by atoms with Crippen LogP contribution in [0.2, 0.25) is 0 Å². The molecule has 1 atom stereocenters. The smallest absolute Gasteiger partial charge is 0.307 e. The molecule has 0 bridgehead atoms. The molecule has 0 spiro atoms. The Morgan fingerprint density at radius 2 is 2.13 bits per heavy atom. The van der Waals surface area contributed by atoms with Crippen molar-refractivity contribution >= 4 is 5.97 Å². The van der Waals surface area contributed by atoms with Gasteiger partial charge in [-0.1, -0.05) is 18.2 Å². The summed E-state index contributed by atoms with van der Waals surface area (Å²) in [5.41, 5.74) is 6.19. The van der Waals surface area contributed by atoms with Gasteiger partial charge in [-0.2, -0.15) is 0 Å². The van der Waals surface area contributed by atoms with E-state index in [1.54, 1.807) is 12.1 Å². The minimum Gasteiger partial charge on any atom is -0.507 e. The lowest BCUT2D eigenvalue weighted by molar-refractivity contribution is -0.136. The van der Waals surface area contributed by atoms with Crippen LogP contribution >= 0.6 is 0 Å². The van der Waals surface area contributed by atoms with Crippen LogP contribution in [-0.4, -0.2) is 27.9 Å². The second-order valence-corrected chi connectivity index (χ2v) is 3.21. The Balaban J connectivity index is 3.05. The van der Waals surface area contributed by atoms with E-state index in [4.69, 9.17) is 15.9 Å². The summed E-state index contributed by atoms with van der Waals surface area (Å²) in [5.74, 6) is -1.18. The van der Waals surface area contributed by atoms with Gasteiger partial charge in [-0.15, -0.1) is 0 Å². The minimum absolute atomic E-state index is 0.151. The molecule has 1 rings (SSSR count). The Hall–Kier alpha value is -1.59. The third-order valence-corrected chi connectivity index (χ3v) is 2.09. The van der Waals surface area contributed by atoms with Gasteiger partial charge < -0.3 is 21.1 Å². The number of hydrogen-bond acceptors (Lipinski definition) is 4. The zero-order chi connectivity index (χ0) is 11.4. The molecule has 0 unspecified atom stereocenters. The molecule has 82 valence electrons. The predicted molar refractivity (Wildman–Crippen MR) is 53.5 cm³/mol. The molecule has 15 heavy (non-hydrogen) atoms. The van der Waals surface area contributed by atoms with Crippen molar-refractivity contribution in [3.8, 4) is 5.75 Å². The molecule has 0 radical (unpaired) electrons. The van der Waals surface area contributed by atoms with Gasteiger partial charge in [0.2, 0.25) is 0 Å². The van der Waals surface area contributed by atoms with Crippen LogP contribution in [0.25, 0.3) is 0 Å². The lowest BCUT2D eigenvalue weighted by atomic mass is 10.0. The van der Waals surface area contributed by atoms with Crippen molar-refractivity contribution in [1.29, 1.82) is 0 Å². The first kappa shape index (κ1) is 11.5. The summed E-state index contributed by atoms with van der Waals surface area (Å²) < 4.78 is 0. The number of carboxylic acids is 1. The first-order valence-electron chi connectivity index (χ1n) is 4.45. The molecular weight excluding hydrogens is 198 g/mol. The zero-order valence-electron chi connectivity index (χ0n) is 8.05. The Kier molecular flexibility index (Phi) is 3.65. The molecule has 0 saturated carbocycles. The summed E-state index contributed by atoms with van der Waals surface area (Å²) in [6.07, 6.45) is -0.266. The van der Waals surface area contributed by atoms with Gasteiger partial charge in [-0.05, 0) is 0 Å². The fraction of sp³-hybridized carbons (Fsp3) is 0.300. The van der Waals surface area contributed by atoms with Crippen LogP contribution in [0.3, 0.4) is 0 Å². The summed E-state index contributed by atoms with van der Waals surface area (Å²) >= 11 is 0. The van der Waals surface area contributed by atoms with E-state index in [9.17, 15) is 9.90 Å². The van der Waals surface area contributed by atoms with Crippen LogP contribution in [0.15, 0.2) is 18.2 Å². The third-order valence-electron chi connectivity index (χ3n) is 2.09. The third kappa shape index (κ3) is 2.68. The van der Waals surface area contributed by atoms with Gasteiger partial charge >= 0.3 is 5.97 Å². The van der Waals surface area contributed by atoms with E-state index in [0.717, 1.165) is 0 Å². The SMILES string of the molecule is N[C@H](CO)c1cccc(CC(=O)O)c1O. The van der Waals surface area contributed by atoms with Crippen molar-refractivity contribution in [2.45, 2.75) is 12.5 Å². The topological polar surface area (TPSA) is 104 Å². The van der Waals surface area contributed by atoms with Crippen molar-refractivity contribution < 1.29 is 20.1 Å². The highest BCUT2D eigenvalue weighted by atomic mass is 16.4. The summed E-state index contributed by atoms with van der Waals surface area (Å²) in [7, 11) is 0. The standard InChI is InChI=1S/C10H13NO4/c11-8(5-12)7-3-1-2-6(10(7)15)4-9(13)14/h1-3,8,12,15H,4-5,11H2,(H,13,14)/t8-/m1/s1. The first-order valence-corrected chi connectivity index (χ1v) is 4.45. The summed E-state index contributed by atoms with van der Waals surface area (Å²) in [6.45, 7) is -0.302. The number of nitrogens with two attached hydrogens (primary N) is 1. The molecule has 5 N–H and O–H groups in total. The van der Waals surface area contributed by atoms with Gasteiger partial charge in [0.05, 0.1) is 19.1 Å². The highest BCUT2D eigenvalue weighted by molar-refractivity contribution is 5.71. The van der Waals surface area contributed by atoms with Crippen molar-refractivity contribution in [3.05, 3.63) is 29.3 Å². The van der Waals surface area contributed by atoms with Crippen molar-refractivity contribution in [2.75, 3.05) is 6.61 Å². The van der Waals surface area contributed by atoms with E-state index in [0.29, 0.717) is 11.1 Å². The number of phenols is 1. The molecule has 1 aromatic rings. The van der Waals surface area contributed by atoms with Crippen LogP contribution in [0, 0.1) is 0 Å². The maximum atomic E-state index is 10.5. The average Bonchev–Trinajstić information content (AvgIpc) is 2.19. The summed E-state index contributed by atoms with van der Waals surface area (Å²) in [6, 6.07) is 3.97. The van der Waals surface area contributed by atoms with Gasteiger partial charge in [0.15, 0.2) is 0 Å². The highest BCUT2D eigenvalue weighted by Crippen LogP contribution is 2.26. The van der Waals surface area contributed by atoms with Crippen LogP contribution in [0.5, 0.6) is 5.75 Å². The van der Waals surface area contributed by atoms with E-state index in [-0.39, 0.29) is 18.8 Å². The average molecular weight is 211 g/mol. The molecule has 0 aliphatic rings. The highest BCUT2D eigenvalue weighted by Gasteiger charge is 2.14. The maximum Gasteiger partial charge on any atom is 0.307 e. The van der Waals surface area contributed by atoms with E-state index < -0.39 is 12.0 Å². The number of para-hydroxylation sites is 1. The monoisotopic (exact) mass is 211 g/mol. The van der Waals surface area contributed by atoms with Gasteiger partial charge in [-0.3, -0.25) is 4.79 Å². The Morgan fingerprint density at radius 1 is 1.47 bits per heavy atom. The van der Waals surface area contributed by atoms with Gasteiger partial charge in [0, 0.05) is 11.1 Å². The normalized spacial score (nSPS) is 12.4. The molecule has 1 aromatic carbocycles. The number of aliphatic hydroxyl groups excluding tert-OH is 1. The van der Waals surface area contributed by atoms with Crippen molar-refractivity contribution in [1.82, 2.24) is 0 Å². The second kappa shape index (κ2) is 4.77. The maximum absolute atomic E-state index is 10.5.